The van der Waals surface area contributed by atoms with Crippen LogP contribution < -0.4 is 18.7 Å². The maximum atomic E-state index is 13.7. The lowest BCUT2D eigenvalue weighted by atomic mass is 10.1. The topological polar surface area (TPSA) is 79.0 Å². The van der Waals surface area contributed by atoms with Gasteiger partial charge in [0.2, 0.25) is 0 Å². The maximum absolute atomic E-state index is 13.7. The molecule has 0 bridgehead atoms. The third-order valence-electron chi connectivity index (χ3n) is 4.46. The van der Waals surface area contributed by atoms with Crippen LogP contribution in [0.1, 0.15) is 12.5 Å². The van der Waals surface area contributed by atoms with Gasteiger partial charge in [0.1, 0.15) is 0 Å². The van der Waals surface area contributed by atoms with Crippen LogP contribution in [-0.2, 0) is 15.0 Å². The van der Waals surface area contributed by atoms with Crippen LogP contribution in [0.5, 0.6) is 5.75 Å². The van der Waals surface area contributed by atoms with Crippen LogP contribution in [-0.4, -0.2) is 34.5 Å². The largest absolute Gasteiger partial charge is 0.478 e. The molecular formula is C18H20FN3O4S. The van der Waals surface area contributed by atoms with Gasteiger partial charge < -0.3 is 10.1 Å². The molecule has 0 saturated heterocycles. The molecular weight excluding hydrogens is 373 g/mol. The van der Waals surface area contributed by atoms with Crippen LogP contribution in [0.2, 0.25) is 0 Å². The number of anilines is 3. The molecule has 0 radical (unpaired) electrons. The quantitative estimate of drug-likeness (QED) is 0.866. The Morgan fingerprint density at radius 3 is 2.37 bits per heavy atom. The summed E-state index contributed by atoms with van der Waals surface area (Å²) in [6.07, 6.45) is -0.946. The monoisotopic (exact) mass is 393 g/mol. The number of hydrogen-bond acceptors (Lipinski definition) is 4. The van der Waals surface area contributed by atoms with E-state index in [0.29, 0.717) is 22.6 Å². The van der Waals surface area contributed by atoms with E-state index >= 15 is 0 Å². The van der Waals surface area contributed by atoms with Gasteiger partial charge >= 0.3 is 10.2 Å². The standard InChI is InChI=1S/C18H20FN3O4S/c1-11-9-15-16(22(4)27(24,25)21(15)3)10-14(11)20-18(23)12(2)26-17-8-6-5-7-13(17)19/h5-10,12H,1-4H3,(H,20,23)/t12-/m1/s1. The third kappa shape index (κ3) is 3.30. The van der Waals surface area contributed by atoms with Gasteiger partial charge in [-0.1, -0.05) is 12.1 Å². The Labute approximate surface area is 157 Å². The van der Waals surface area contributed by atoms with Crippen molar-refractivity contribution in [2.45, 2.75) is 20.0 Å². The maximum Gasteiger partial charge on any atom is 0.326 e. The van der Waals surface area contributed by atoms with Crippen molar-refractivity contribution < 1.29 is 22.3 Å². The number of amides is 1. The van der Waals surface area contributed by atoms with Crippen LogP contribution in [0, 0.1) is 12.7 Å². The summed E-state index contributed by atoms with van der Waals surface area (Å²) >= 11 is 0. The van der Waals surface area contributed by atoms with Crippen LogP contribution in [0.15, 0.2) is 36.4 Å². The molecule has 0 fully saturated rings. The summed E-state index contributed by atoms with van der Waals surface area (Å²) in [5.41, 5.74) is 2.14. The van der Waals surface area contributed by atoms with E-state index in [-0.39, 0.29) is 5.75 Å². The number of benzene rings is 2. The van der Waals surface area contributed by atoms with Gasteiger partial charge in [0.25, 0.3) is 5.91 Å². The highest BCUT2D eigenvalue weighted by atomic mass is 32.2. The first kappa shape index (κ1) is 19.0. The van der Waals surface area contributed by atoms with Crippen molar-refractivity contribution in [3.8, 4) is 5.75 Å². The molecule has 2 aromatic carbocycles. The first-order valence-corrected chi connectivity index (χ1v) is 9.62. The fraction of sp³-hybridized carbons (Fsp3) is 0.278. The van der Waals surface area contributed by atoms with Crippen LogP contribution in [0.25, 0.3) is 0 Å². The minimum atomic E-state index is -3.60. The van der Waals surface area contributed by atoms with Crippen molar-refractivity contribution in [3.05, 3.63) is 47.8 Å². The lowest BCUT2D eigenvalue weighted by molar-refractivity contribution is -0.122. The molecule has 1 aliphatic rings. The highest BCUT2D eigenvalue weighted by molar-refractivity contribution is 7.94. The van der Waals surface area contributed by atoms with Gasteiger partial charge in [-0.25, -0.2) is 4.39 Å². The summed E-state index contributed by atoms with van der Waals surface area (Å²) < 4.78 is 45.9. The molecule has 7 nitrogen and oxygen atoms in total. The van der Waals surface area contributed by atoms with E-state index in [1.165, 1.54) is 43.5 Å². The molecule has 1 aliphatic heterocycles. The van der Waals surface area contributed by atoms with E-state index in [1.807, 2.05) is 0 Å². The molecule has 1 amide bonds. The Kier molecular flexibility index (Phi) is 4.73. The van der Waals surface area contributed by atoms with Crippen molar-refractivity contribution in [1.29, 1.82) is 0 Å². The molecule has 144 valence electrons. The second kappa shape index (κ2) is 6.73. The molecule has 1 atom stereocenters. The summed E-state index contributed by atoms with van der Waals surface area (Å²) in [5.74, 6) is -1.04. The van der Waals surface area contributed by atoms with Gasteiger partial charge in [0.05, 0.1) is 11.4 Å². The van der Waals surface area contributed by atoms with Crippen molar-refractivity contribution in [2.24, 2.45) is 0 Å². The summed E-state index contributed by atoms with van der Waals surface area (Å²) in [5, 5.41) is 2.72. The van der Waals surface area contributed by atoms with Crippen LogP contribution in [0.3, 0.4) is 0 Å². The SMILES string of the molecule is Cc1cc2c(cc1NC(=O)[C@@H](C)Oc1ccccc1F)N(C)S(=O)(=O)N2C. The number of aryl methyl sites for hydroxylation is 1. The normalized spacial score (nSPS) is 16.0. The minimum absolute atomic E-state index is 0.0155. The second-order valence-electron chi connectivity index (χ2n) is 6.28. The molecule has 0 unspecified atom stereocenters. The van der Waals surface area contributed by atoms with E-state index < -0.39 is 28.0 Å². The van der Waals surface area contributed by atoms with E-state index in [4.69, 9.17) is 4.74 Å². The molecule has 2 aromatic rings. The third-order valence-corrected chi connectivity index (χ3v) is 6.24. The number of ether oxygens (including phenoxy) is 1. The highest BCUT2D eigenvalue weighted by Gasteiger charge is 2.36. The predicted molar refractivity (Wildman–Crippen MR) is 102 cm³/mol. The Bertz CT molecular complexity index is 1010. The number of nitrogens with zero attached hydrogens (tertiary/aromatic N) is 2. The van der Waals surface area contributed by atoms with Gasteiger partial charge in [-0.05, 0) is 43.7 Å². The van der Waals surface area contributed by atoms with Gasteiger partial charge in [0.15, 0.2) is 17.7 Å². The molecule has 0 aliphatic carbocycles. The van der Waals surface area contributed by atoms with Gasteiger partial charge in [-0.15, -0.1) is 0 Å². The van der Waals surface area contributed by atoms with Gasteiger partial charge in [-0.2, -0.15) is 8.42 Å². The first-order valence-electron chi connectivity index (χ1n) is 8.22. The zero-order valence-electron chi connectivity index (χ0n) is 15.4. The average molecular weight is 393 g/mol. The molecule has 0 aromatic heterocycles. The van der Waals surface area contributed by atoms with Gasteiger partial charge in [-0.3, -0.25) is 13.4 Å². The number of carbonyl (C=O) groups is 1. The number of fused-ring (bicyclic) bond motifs is 1. The molecule has 0 spiro atoms. The number of nitrogens with one attached hydrogen (secondary N) is 1. The van der Waals surface area contributed by atoms with E-state index in [9.17, 15) is 17.6 Å². The number of rotatable bonds is 4. The molecule has 27 heavy (non-hydrogen) atoms. The van der Waals surface area contributed by atoms with Crippen molar-refractivity contribution in [3.63, 3.8) is 0 Å². The Hall–Kier alpha value is -2.81. The predicted octanol–water partition coefficient (Wildman–Crippen LogP) is 2.67. The lowest BCUT2D eigenvalue weighted by Gasteiger charge is -2.17. The number of halogens is 1. The highest BCUT2D eigenvalue weighted by Crippen LogP contribution is 2.41. The van der Waals surface area contributed by atoms with Gasteiger partial charge in [0, 0.05) is 19.8 Å². The minimum Gasteiger partial charge on any atom is -0.478 e. The van der Waals surface area contributed by atoms with Crippen molar-refractivity contribution >= 4 is 33.2 Å². The molecule has 3 rings (SSSR count). The van der Waals surface area contributed by atoms with Crippen molar-refractivity contribution in [2.75, 3.05) is 28.0 Å². The summed E-state index contributed by atoms with van der Waals surface area (Å²) in [6, 6.07) is 9.11. The van der Waals surface area contributed by atoms with E-state index in [2.05, 4.69) is 5.32 Å². The summed E-state index contributed by atoms with van der Waals surface area (Å²) in [6.45, 7) is 3.27. The lowest BCUT2D eigenvalue weighted by Crippen LogP contribution is -2.32. The fourth-order valence-electron chi connectivity index (χ4n) is 2.77. The molecule has 0 saturated carbocycles. The number of para-hydroxylation sites is 1. The second-order valence-corrected chi connectivity index (χ2v) is 8.27. The molecule has 9 heteroatoms. The van der Waals surface area contributed by atoms with E-state index in [1.54, 1.807) is 25.1 Å². The Morgan fingerprint density at radius 1 is 1.15 bits per heavy atom. The van der Waals surface area contributed by atoms with E-state index in [0.717, 1.165) is 4.31 Å². The number of hydrogen-bond donors (Lipinski definition) is 1. The Balaban J connectivity index is 1.81. The molecule has 1 N–H and O–H groups in total. The van der Waals surface area contributed by atoms with Crippen LogP contribution >= 0.6 is 0 Å². The fourth-order valence-corrected chi connectivity index (χ4v) is 3.93. The van der Waals surface area contributed by atoms with Crippen molar-refractivity contribution in [1.82, 2.24) is 0 Å². The Morgan fingerprint density at radius 2 is 1.74 bits per heavy atom. The summed E-state index contributed by atoms with van der Waals surface area (Å²) in [4.78, 5) is 12.5. The van der Waals surface area contributed by atoms with Crippen LogP contribution in [0.4, 0.5) is 21.5 Å². The smallest absolute Gasteiger partial charge is 0.326 e. The first-order chi connectivity index (χ1) is 12.6. The zero-order valence-corrected chi connectivity index (χ0v) is 16.2. The zero-order chi connectivity index (χ0) is 19.9. The average Bonchev–Trinajstić information content (AvgIpc) is 2.78. The number of carbonyl (C=O) groups excluding carboxylic acids is 1. The summed E-state index contributed by atoms with van der Waals surface area (Å²) in [7, 11) is -0.680. The molecule has 1 heterocycles.